The van der Waals surface area contributed by atoms with Gasteiger partial charge >= 0.3 is 0 Å². The molecule has 13 heteroatoms. The van der Waals surface area contributed by atoms with Crippen molar-refractivity contribution in [2.45, 2.75) is 90.6 Å². The van der Waals surface area contributed by atoms with Crippen LogP contribution in [-0.2, 0) is 27.7 Å². The summed E-state index contributed by atoms with van der Waals surface area (Å²) in [4.78, 5) is 37.3. The maximum atomic E-state index is 14.6. The van der Waals surface area contributed by atoms with Gasteiger partial charge < -0.3 is 19.3 Å². The molecule has 0 radical (unpaired) electrons. The van der Waals surface area contributed by atoms with Gasteiger partial charge in [0.15, 0.2) is 0 Å². The number of sulfonamides is 1. The van der Waals surface area contributed by atoms with E-state index in [1.165, 1.54) is 43.4 Å². The normalized spacial score (nSPS) is 19.4. The Hall–Kier alpha value is -4.62. The Kier molecular flexibility index (Phi) is 10.9. The smallest absolute Gasteiger partial charge is 0.264 e. The molecular weight excluding hydrogens is 703 g/mol. The lowest BCUT2D eigenvalue weighted by Gasteiger charge is -2.35. The third-order valence-corrected chi connectivity index (χ3v) is 12.0. The molecule has 1 atom stereocenters. The van der Waals surface area contributed by atoms with Crippen LogP contribution in [0.5, 0.6) is 5.88 Å². The van der Waals surface area contributed by atoms with E-state index in [9.17, 15) is 13.2 Å². The molecule has 1 aliphatic carbocycles. The molecule has 3 aliphatic rings. The van der Waals surface area contributed by atoms with Gasteiger partial charge in [0.1, 0.15) is 12.4 Å². The number of fused-ring (bicyclic) bond motifs is 4. The van der Waals surface area contributed by atoms with Crippen molar-refractivity contribution >= 4 is 27.6 Å². The molecule has 1 N–H and O–H groups in total. The number of nitrogens with zero attached hydrogens (tertiary/aromatic N) is 6. The number of morpholine rings is 1. The first kappa shape index (κ1) is 37.7. The van der Waals surface area contributed by atoms with E-state index in [1.807, 2.05) is 6.92 Å². The Balaban J connectivity index is 1.32. The molecule has 7 rings (SSSR count). The highest BCUT2D eigenvalue weighted by molar-refractivity contribution is 7.92. The van der Waals surface area contributed by atoms with E-state index < -0.39 is 16.1 Å². The fourth-order valence-electron chi connectivity index (χ4n) is 7.90. The number of aromatic nitrogens is 4. The van der Waals surface area contributed by atoms with Crippen molar-refractivity contribution in [2.75, 3.05) is 42.5 Å². The zero-order chi connectivity index (χ0) is 38.0. The van der Waals surface area contributed by atoms with E-state index in [1.54, 1.807) is 29.4 Å². The number of hydrogen-bond acceptors (Lipinski definition) is 10. The molecule has 286 valence electrons. The van der Waals surface area contributed by atoms with Gasteiger partial charge in [0.2, 0.25) is 11.8 Å². The van der Waals surface area contributed by atoms with Gasteiger partial charge in [0.05, 0.1) is 54.5 Å². The summed E-state index contributed by atoms with van der Waals surface area (Å²) in [6.07, 6.45) is 9.94. The third kappa shape index (κ3) is 8.52. The molecule has 4 heterocycles. The van der Waals surface area contributed by atoms with Gasteiger partial charge in [-0.2, -0.15) is 4.98 Å². The van der Waals surface area contributed by atoms with Crippen LogP contribution in [0.1, 0.15) is 85.7 Å². The van der Waals surface area contributed by atoms with Crippen LogP contribution in [-0.4, -0.2) is 78.1 Å². The lowest BCUT2D eigenvalue weighted by Crippen LogP contribution is -2.45. The van der Waals surface area contributed by atoms with Gasteiger partial charge in [-0.3, -0.25) is 4.79 Å². The molecule has 0 spiro atoms. The van der Waals surface area contributed by atoms with Crippen molar-refractivity contribution in [1.82, 2.24) is 24.8 Å². The molecule has 2 aromatic heterocycles. The second kappa shape index (κ2) is 15.6. The Morgan fingerprint density at radius 3 is 2.41 bits per heavy atom. The van der Waals surface area contributed by atoms with Crippen LogP contribution in [0.25, 0.3) is 11.3 Å². The summed E-state index contributed by atoms with van der Waals surface area (Å²) in [5.74, 6) is 0.880. The van der Waals surface area contributed by atoms with E-state index in [2.05, 4.69) is 70.5 Å². The average molecular weight is 754 g/mol. The molecule has 54 heavy (non-hydrogen) atoms. The number of carbonyl (C=O) groups excluding carboxylic acids is 1. The fourth-order valence-corrected chi connectivity index (χ4v) is 8.89. The van der Waals surface area contributed by atoms with Crippen LogP contribution in [0.4, 0.5) is 11.6 Å². The highest BCUT2D eigenvalue weighted by Gasteiger charge is 2.33. The summed E-state index contributed by atoms with van der Waals surface area (Å²) in [5.41, 5.74) is 5.43. The lowest BCUT2D eigenvalue weighted by molar-refractivity contribution is 0.0504. The largest absolute Gasteiger partial charge is 0.475 e. The summed E-state index contributed by atoms with van der Waals surface area (Å²) < 4.78 is 42.7. The first-order chi connectivity index (χ1) is 25.8. The molecule has 2 aromatic carbocycles. The maximum absolute atomic E-state index is 14.6. The molecule has 1 amide bonds. The summed E-state index contributed by atoms with van der Waals surface area (Å²) >= 11 is 0. The summed E-state index contributed by atoms with van der Waals surface area (Å²) in [5, 5.41) is 0. The van der Waals surface area contributed by atoms with Crippen LogP contribution >= 0.6 is 0 Å². The first-order valence-corrected chi connectivity index (χ1v) is 20.5. The van der Waals surface area contributed by atoms with Gasteiger partial charge in [0, 0.05) is 29.8 Å². The predicted octanol–water partition coefficient (Wildman–Crippen LogP) is 6.76. The van der Waals surface area contributed by atoms with E-state index in [0.29, 0.717) is 42.6 Å². The van der Waals surface area contributed by atoms with Gasteiger partial charge in [-0.05, 0) is 67.3 Å². The van der Waals surface area contributed by atoms with Crippen LogP contribution in [0, 0.1) is 25.2 Å². The topological polar surface area (TPSA) is 140 Å². The minimum atomic E-state index is -4.21. The van der Waals surface area contributed by atoms with Crippen molar-refractivity contribution in [3.8, 4) is 17.1 Å². The molecule has 12 nitrogen and oxygen atoms in total. The fraction of sp³-hybridized carbons (Fsp3) is 0.488. The summed E-state index contributed by atoms with van der Waals surface area (Å²) in [6, 6.07) is 11.9. The highest BCUT2D eigenvalue weighted by Crippen LogP contribution is 2.38. The molecule has 2 fully saturated rings. The Morgan fingerprint density at radius 1 is 0.963 bits per heavy atom. The zero-order valence-electron chi connectivity index (χ0n) is 32.0. The molecular formula is C41H51N7O5S. The van der Waals surface area contributed by atoms with Crippen molar-refractivity contribution in [3.05, 3.63) is 82.9 Å². The number of aryl methyl sites for hydroxylation is 1. The molecule has 1 saturated carbocycles. The first-order valence-electron chi connectivity index (χ1n) is 19.0. The standard InChI is InChI=1S/C41H51N7O5S/c1-27-10-8-13-30(20-29-11-6-7-12-29)36(27)37-28(2)38-45-40(44-37)46-54(50,51)34-15-9-14-31(21-34)39(49)48(32(26-53-38)22-41(3,4)5)25-35-42-23-33(24-43-35)47-16-18-52-19-17-47/h8-10,13-15,21,23-24,29,32H,6-7,11-12,16-20,22,25-26H2,1-5H3,(H,44,45,46)/t32-/m1/s1. The van der Waals surface area contributed by atoms with Crippen LogP contribution in [0.2, 0.25) is 0 Å². The number of amides is 1. The van der Waals surface area contributed by atoms with Crippen molar-refractivity contribution in [2.24, 2.45) is 11.3 Å². The second-order valence-electron chi connectivity index (χ2n) is 16.0. The maximum Gasteiger partial charge on any atom is 0.264 e. The van der Waals surface area contributed by atoms with Crippen molar-refractivity contribution in [1.29, 1.82) is 0 Å². The quantitative estimate of drug-likeness (QED) is 0.215. The number of rotatable bonds is 7. The second-order valence-corrected chi connectivity index (χ2v) is 17.7. The van der Waals surface area contributed by atoms with Gasteiger partial charge in [-0.1, -0.05) is 70.7 Å². The molecule has 0 unspecified atom stereocenters. The predicted molar refractivity (Wildman–Crippen MR) is 208 cm³/mol. The zero-order valence-corrected chi connectivity index (χ0v) is 32.8. The van der Waals surface area contributed by atoms with Crippen molar-refractivity contribution < 1.29 is 22.7 Å². The molecule has 4 bridgehead atoms. The molecule has 2 aliphatic heterocycles. The summed E-state index contributed by atoms with van der Waals surface area (Å²) in [7, 11) is -4.21. The Labute approximate surface area is 318 Å². The van der Waals surface area contributed by atoms with Crippen molar-refractivity contribution in [3.63, 3.8) is 0 Å². The monoisotopic (exact) mass is 753 g/mol. The van der Waals surface area contributed by atoms with E-state index >= 15 is 0 Å². The SMILES string of the molecule is Cc1cccc(CC2CCCC2)c1-c1nc2nc(c1C)OC[C@@H](CC(C)(C)C)N(Cc1ncc(N3CCOCC3)cn1)C(=O)c1cccc(c1)S(=O)(=O)N2. The number of ether oxygens (including phenoxy) is 2. The third-order valence-electron chi connectivity index (χ3n) is 10.6. The number of nitrogens with one attached hydrogen (secondary N) is 1. The minimum Gasteiger partial charge on any atom is -0.475 e. The minimum absolute atomic E-state index is 0.0722. The number of hydrogen-bond donors (Lipinski definition) is 1. The lowest BCUT2D eigenvalue weighted by atomic mass is 9.87. The van der Waals surface area contributed by atoms with Gasteiger partial charge in [0.25, 0.3) is 15.9 Å². The average Bonchev–Trinajstić information content (AvgIpc) is 3.66. The van der Waals surface area contributed by atoms with Crippen LogP contribution < -0.4 is 14.4 Å². The van der Waals surface area contributed by atoms with Gasteiger partial charge in [-0.15, -0.1) is 0 Å². The Morgan fingerprint density at radius 2 is 1.69 bits per heavy atom. The Bertz CT molecular complexity index is 2090. The number of anilines is 2. The molecule has 4 aromatic rings. The van der Waals surface area contributed by atoms with E-state index in [4.69, 9.17) is 14.5 Å². The summed E-state index contributed by atoms with van der Waals surface area (Å²) in [6.45, 7) is 13.3. The van der Waals surface area contributed by atoms with Gasteiger partial charge in [-0.25, -0.2) is 28.1 Å². The van der Waals surface area contributed by atoms with Crippen LogP contribution in [0.3, 0.4) is 0 Å². The molecule has 1 saturated heterocycles. The highest BCUT2D eigenvalue weighted by atomic mass is 32.2. The number of benzene rings is 2. The van der Waals surface area contributed by atoms with E-state index in [0.717, 1.165) is 36.3 Å². The van der Waals surface area contributed by atoms with Crippen LogP contribution in [0.15, 0.2) is 59.8 Å². The van der Waals surface area contributed by atoms with E-state index in [-0.39, 0.29) is 46.8 Å². The number of carbonyl (C=O) groups is 1.